The van der Waals surface area contributed by atoms with E-state index in [2.05, 4.69) is 34.5 Å². The van der Waals surface area contributed by atoms with Gasteiger partial charge in [0.1, 0.15) is 0 Å². The van der Waals surface area contributed by atoms with Crippen molar-refractivity contribution in [2.24, 2.45) is 5.92 Å². The van der Waals surface area contributed by atoms with E-state index in [4.69, 9.17) is 21.7 Å². The maximum atomic E-state index is 5.82. The predicted molar refractivity (Wildman–Crippen MR) is 107 cm³/mol. The van der Waals surface area contributed by atoms with Crippen LogP contribution >= 0.6 is 12.2 Å². The minimum atomic E-state index is 0.318. The molecule has 1 heterocycles. The van der Waals surface area contributed by atoms with Crippen molar-refractivity contribution < 1.29 is 9.47 Å². The third kappa shape index (κ3) is 4.32. The average Bonchev–Trinajstić information content (AvgIpc) is 3.33. The number of fused-ring (bicyclic) bond motifs is 1. The quantitative estimate of drug-likeness (QED) is 0.612. The van der Waals surface area contributed by atoms with Gasteiger partial charge in [0.25, 0.3) is 0 Å². The number of nitrogens with one attached hydrogen (secondary N) is 1. The third-order valence-corrected chi connectivity index (χ3v) is 6.01. The SMILES string of the molecule is S=C(NC1CCCC1)N(Cc1ccc2c(c1)OCO2)CC1CC=CCC1. The van der Waals surface area contributed by atoms with E-state index < -0.39 is 0 Å². The Labute approximate surface area is 161 Å². The van der Waals surface area contributed by atoms with Gasteiger partial charge in [0.05, 0.1) is 0 Å². The van der Waals surface area contributed by atoms with Gasteiger partial charge in [-0.15, -0.1) is 0 Å². The first-order valence-electron chi connectivity index (χ1n) is 9.87. The van der Waals surface area contributed by atoms with Crippen LogP contribution in [0.3, 0.4) is 0 Å². The molecule has 4 nitrogen and oxygen atoms in total. The van der Waals surface area contributed by atoms with Gasteiger partial charge >= 0.3 is 0 Å². The normalized spacial score (nSPS) is 21.8. The first-order chi connectivity index (χ1) is 12.8. The first-order valence-corrected chi connectivity index (χ1v) is 10.3. The van der Waals surface area contributed by atoms with Gasteiger partial charge in [-0.1, -0.05) is 31.1 Å². The highest BCUT2D eigenvalue weighted by molar-refractivity contribution is 7.80. The Morgan fingerprint density at radius 1 is 1.12 bits per heavy atom. The topological polar surface area (TPSA) is 33.7 Å². The molecule has 1 unspecified atom stereocenters. The molecule has 1 aliphatic heterocycles. The summed E-state index contributed by atoms with van der Waals surface area (Å²) >= 11 is 5.82. The molecule has 0 saturated heterocycles. The molecule has 3 aliphatic rings. The minimum absolute atomic E-state index is 0.318. The van der Waals surface area contributed by atoms with Gasteiger partial charge in [0, 0.05) is 19.1 Å². The lowest BCUT2D eigenvalue weighted by Gasteiger charge is -2.32. The highest BCUT2D eigenvalue weighted by Gasteiger charge is 2.22. The van der Waals surface area contributed by atoms with Crippen LogP contribution in [-0.4, -0.2) is 29.4 Å². The van der Waals surface area contributed by atoms with E-state index in [-0.39, 0.29) is 0 Å². The van der Waals surface area contributed by atoms with Crippen LogP contribution in [0.2, 0.25) is 0 Å². The summed E-state index contributed by atoms with van der Waals surface area (Å²) < 4.78 is 11.0. The maximum Gasteiger partial charge on any atom is 0.231 e. The van der Waals surface area contributed by atoms with Crippen LogP contribution in [0.5, 0.6) is 11.5 Å². The molecular weight excluding hydrogens is 344 g/mol. The Kier molecular flexibility index (Phi) is 5.63. The van der Waals surface area contributed by atoms with Crippen molar-refractivity contribution in [1.82, 2.24) is 10.2 Å². The Hall–Kier alpha value is -1.75. The van der Waals surface area contributed by atoms with E-state index in [1.165, 1.54) is 44.1 Å². The summed E-state index contributed by atoms with van der Waals surface area (Å²) in [5.41, 5.74) is 1.22. The van der Waals surface area contributed by atoms with E-state index in [0.717, 1.165) is 36.1 Å². The number of allylic oxidation sites excluding steroid dienone is 2. The molecule has 1 fully saturated rings. The molecule has 0 bridgehead atoms. The second kappa shape index (κ2) is 8.30. The van der Waals surface area contributed by atoms with Gasteiger partial charge < -0.3 is 19.7 Å². The Bertz CT molecular complexity index is 670. The number of thiocarbonyl (C=S) groups is 1. The smallest absolute Gasteiger partial charge is 0.231 e. The lowest BCUT2D eigenvalue weighted by Crippen LogP contribution is -2.45. The molecule has 140 valence electrons. The summed E-state index contributed by atoms with van der Waals surface area (Å²) in [6, 6.07) is 6.77. The number of hydrogen-bond acceptors (Lipinski definition) is 3. The molecule has 1 N–H and O–H groups in total. The monoisotopic (exact) mass is 372 g/mol. The average molecular weight is 373 g/mol. The molecule has 1 atom stereocenters. The lowest BCUT2D eigenvalue weighted by molar-refractivity contribution is 0.174. The molecule has 1 aromatic carbocycles. The van der Waals surface area contributed by atoms with Gasteiger partial charge in [-0.05, 0) is 67.9 Å². The minimum Gasteiger partial charge on any atom is -0.454 e. The van der Waals surface area contributed by atoms with Crippen molar-refractivity contribution >= 4 is 17.3 Å². The van der Waals surface area contributed by atoms with Crippen LogP contribution in [0, 0.1) is 5.92 Å². The van der Waals surface area contributed by atoms with Crippen molar-refractivity contribution in [2.45, 2.75) is 57.5 Å². The van der Waals surface area contributed by atoms with Crippen molar-refractivity contribution in [3.05, 3.63) is 35.9 Å². The predicted octanol–water partition coefficient (Wildman–Crippen LogP) is 4.39. The molecule has 26 heavy (non-hydrogen) atoms. The summed E-state index contributed by atoms with van der Waals surface area (Å²) in [7, 11) is 0. The summed E-state index contributed by atoms with van der Waals surface area (Å²) in [6.07, 6.45) is 13.3. The van der Waals surface area contributed by atoms with Crippen molar-refractivity contribution in [2.75, 3.05) is 13.3 Å². The lowest BCUT2D eigenvalue weighted by atomic mass is 9.94. The van der Waals surface area contributed by atoms with Crippen LogP contribution in [0.25, 0.3) is 0 Å². The maximum absolute atomic E-state index is 5.82. The zero-order valence-electron chi connectivity index (χ0n) is 15.3. The van der Waals surface area contributed by atoms with Crippen LogP contribution in [0.15, 0.2) is 30.4 Å². The molecule has 0 amide bonds. The number of benzene rings is 1. The van der Waals surface area contributed by atoms with Crippen LogP contribution in [-0.2, 0) is 6.54 Å². The summed E-state index contributed by atoms with van der Waals surface area (Å²) in [5, 5.41) is 4.53. The number of nitrogens with zero attached hydrogens (tertiary/aromatic N) is 1. The summed E-state index contributed by atoms with van der Waals surface area (Å²) in [4.78, 5) is 2.36. The number of rotatable bonds is 5. The highest BCUT2D eigenvalue weighted by atomic mass is 32.1. The van der Waals surface area contributed by atoms with E-state index in [0.29, 0.717) is 18.8 Å². The Morgan fingerprint density at radius 3 is 2.77 bits per heavy atom. The van der Waals surface area contributed by atoms with Gasteiger partial charge in [-0.3, -0.25) is 0 Å². The fourth-order valence-electron chi connectivity index (χ4n) is 4.15. The molecule has 1 saturated carbocycles. The molecular formula is C21H28N2O2S. The molecule has 2 aliphatic carbocycles. The first kappa shape index (κ1) is 17.7. The molecule has 4 rings (SSSR count). The number of hydrogen-bond donors (Lipinski definition) is 1. The number of ether oxygens (including phenoxy) is 2. The van der Waals surface area contributed by atoms with E-state index in [1.54, 1.807) is 0 Å². The molecule has 0 spiro atoms. The standard InChI is InChI=1S/C21H28N2O2S/c26-21(22-18-8-4-5-9-18)23(13-16-6-2-1-3-7-16)14-17-10-11-19-20(12-17)25-15-24-19/h1-2,10-12,16,18H,3-9,13-15H2,(H,22,26). The van der Waals surface area contributed by atoms with Crippen molar-refractivity contribution in [3.63, 3.8) is 0 Å². The molecule has 0 aromatic heterocycles. The molecule has 1 aromatic rings. The van der Waals surface area contributed by atoms with Gasteiger partial charge in [0.2, 0.25) is 6.79 Å². The second-order valence-corrected chi connectivity index (χ2v) is 8.04. The highest BCUT2D eigenvalue weighted by Crippen LogP contribution is 2.33. The fraction of sp³-hybridized carbons (Fsp3) is 0.571. The van der Waals surface area contributed by atoms with E-state index in [9.17, 15) is 0 Å². The molecule has 5 heteroatoms. The van der Waals surface area contributed by atoms with Crippen molar-refractivity contribution in [1.29, 1.82) is 0 Å². The van der Waals surface area contributed by atoms with Crippen LogP contribution in [0.4, 0.5) is 0 Å². The zero-order chi connectivity index (χ0) is 17.8. The van der Waals surface area contributed by atoms with E-state index >= 15 is 0 Å². The zero-order valence-corrected chi connectivity index (χ0v) is 16.1. The van der Waals surface area contributed by atoms with E-state index in [1.807, 2.05) is 6.07 Å². The van der Waals surface area contributed by atoms with Crippen LogP contribution in [0.1, 0.15) is 50.5 Å². The van der Waals surface area contributed by atoms with Gasteiger partial charge in [-0.25, -0.2) is 0 Å². The van der Waals surface area contributed by atoms with Gasteiger partial charge in [-0.2, -0.15) is 0 Å². The molecule has 0 radical (unpaired) electrons. The van der Waals surface area contributed by atoms with Crippen LogP contribution < -0.4 is 14.8 Å². The largest absolute Gasteiger partial charge is 0.454 e. The van der Waals surface area contributed by atoms with Gasteiger partial charge in [0.15, 0.2) is 16.6 Å². The van der Waals surface area contributed by atoms with Crippen molar-refractivity contribution in [3.8, 4) is 11.5 Å². The summed E-state index contributed by atoms with van der Waals surface area (Å²) in [5.74, 6) is 2.36. The Morgan fingerprint density at radius 2 is 1.96 bits per heavy atom. The third-order valence-electron chi connectivity index (χ3n) is 5.64. The fourth-order valence-corrected chi connectivity index (χ4v) is 4.45. The Balaban J connectivity index is 1.45. The summed E-state index contributed by atoms with van der Waals surface area (Å²) in [6.45, 7) is 2.14. The second-order valence-electron chi connectivity index (χ2n) is 7.65.